The lowest BCUT2D eigenvalue weighted by Gasteiger charge is -2.06. The van der Waals surface area contributed by atoms with Crippen molar-refractivity contribution in [1.82, 2.24) is 4.98 Å². The maximum absolute atomic E-state index is 13.0. The van der Waals surface area contributed by atoms with Crippen molar-refractivity contribution in [3.8, 4) is 21.8 Å². The van der Waals surface area contributed by atoms with Gasteiger partial charge in [-0.15, -0.1) is 0 Å². The van der Waals surface area contributed by atoms with Crippen LogP contribution in [0, 0.1) is 0 Å². The number of benzene rings is 2. The molecule has 3 rings (SSSR count). The van der Waals surface area contributed by atoms with Crippen LogP contribution in [0.5, 0.6) is 0 Å². The Kier molecular flexibility index (Phi) is 4.59. The van der Waals surface area contributed by atoms with Gasteiger partial charge < -0.3 is 5.11 Å². The minimum absolute atomic E-state index is 0.203. The highest BCUT2D eigenvalue weighted by Crippen LogP contribution is 2.40. The second-order valence-electron chi connectivity index (χ2n) is 5.33. The molecule has 1 N–H and O–H groups in total. The summed E-state index contributed by atoms with van der Waals surface area (Å²) in [6.45, 7) is 0. The van der Waals surface area contributed by atoms with Crippen molar-refractivity contribution < 1.29 is 23.1 Å². The average Bonchev–Trinajstić information content (AvgIpc) is 2.98. The van der Waals surface area contributed by atoms with Crippen LogP contribution in [0.4, 0.5) is 13.2 Å². The van der Waals surface area contributed by atoms with Crippen LogP contribution in [0.1, 0.15) is 5.56 Å². The zero-order chi connectivity index (χ0) is 18.0. The highest BCUT2D eigenvalue weighted by molar-refractivity contribution is 7.33. The van der Waals surface area contributed by atoms with E-state index in [1.54, 1.807) is 5.38 Å². The van der Waals surface area contributed by atoms with Crippen LogP contribution in [0.2, 0.25) is 0 Å². The van der Waals surface area contributed by atoms with Gasteiger partial charge in [0.25, 0.3) is 5.01 Å². The number of thiazole rings is 1. The first-order valence-electron chi connectivity index (χ1n) is 7.29. The maximum atomic E-state index is 13.0. The number of nitrogens with zero attached hydrogens (tertiary/aromatic N) is 1. The summed E-state index contributed by atoms with van der Waals surface area (Å²) in [6, 6.07) is 14.0. The molecule has 1 heterocycles. The number of rotatable bonds is 4. The number of aliphatic carboxylic acids is 1. The first-order chi connectivity index (χ1) is 11.8. The second kappa shape index (κ2) is 6.68. The van der Waals surface area contributed by atoms with Crippen molar-refractivity contribution in [3.63, 3.8) is 0 Å². The molecule has 128 valence electrons. The van der Waals surface area contributed by atoms with Crippen LogP contribution in [0.3, 0.4) is 0 Å². The Morgan fingerprint density at radius 2 is 1.72 bits per heavy atom. The molecule has 0 spiro atoms. The molecule has 0 aliphatic heterocycles. The smallest absolute Gasteiger partial charge is 0.416 e. The van der Waals surface area contributed by atoms with Gasteiger partial charge in [0.2, 0.25) is 5.75 Å². The van der Waals surface area contributed by atoms with E-state index < -0.39 is 28.2 Å². The van der Waals surface area contributed by atoms with Gasteiger partial charge in [-0.25, -0.2) is 4.79 Å². The molecule has 0 saturated heterocycles. The summed E-state index contributed by atoms with van der Waals surface area (Å²) in [4.78, 5) is 15.6. The molecule has 25 heavy (non-hydrogen) atoms. The zero-order valence-corrected chi connectivity index (χ0v) is 13.6. The Labute approximate surface area is 144 Å². The fourth-order valence-electron chi connectivity index (χ4n) is 2.41. The van der Waals surface area contributed by atoms with E-state index in [0.717, 1.165) is 17.7 Å². The fourth-order valence-corrected chi connectivity index (χ4v) is 4.12. The predicted octanol–water partition coefficient (Wildman–Crippen LogP) is 5.27. The topological polar surface area (TPSA) is 50.2 Å². The van der Waals surface area contributed by atoms with E-state index in [1.807, 2.05) is 30.3 Å². The molecule has 0 fully saturated rings. The summed E-state index contributed by atoms with van der Waals surface area (Å²) in [7, 11) is -0.891. The normalized spacial score (nSPS) is 12.2. The molecule has 2 aromatic carbocycles. The van der Waals surface area contributed by atoms with E-state index in [9.17, 15) is 18.0 Å². The predicted molar refractivity (Wildman–Crippen MR) is 90.2 cm³/mol. The molecule has 3 nitrogen and oxygen atoms in total. The molecule has 3 aromatic rings. The van der Waals surface area contributed by atoms with Crippen LogP contribution in [-0.4, -0.2) is 16.1 Å². The summed E-state index contributed by atoms with van der Waals surface area (Å²) in [5.74, 6) is -1.22. The lowest BCUT2D eigenvalue weighted by atomic mass is 10.1. The summed E-state index contributed by atoms with van der Waals surface area (Å²) >= 11 is 0. The van der Waals surface area contributed by atoms with Crippen LogP contribution in [0.15, 0.2) is 60.0 Å². The van der Waals surface area contributed by atoms with Gasteiger partial charge in [0, 0.05) is 16.0 Å². The lowest BCUT2D eigenvalue weighted by Crippen LogP contribution is -2.04. The summed E-state index contributed by atoms with van der Waals surface area (Å²) in [5, 5.41) is 11.2. The van der Waals surface area contributed by atoms with E-state index in [4.69, 9.17) is 5.11 Å². The highest BCUT2D eigenvalue weighted by Gasteiger charge is 2.32. The molecule has 0 bridgehead atoms. The Hall–Kier alpha value is -2.67. The number of alkyl halides is 3. The second-order valence-corrected chi connectivity index (χ2v) is 7.10. The lowest BCUT2D eigenvalue weighted by molar-refractivity contribution is -0.137. The number of hydrogen-bond donors (Lipinski definition) is 1. The van der Waals surface area contributed by atoms with Gasteiger partial charge in [0.05, 0.1) is 11.1 Å². The standard InChI is InChI=1S/C18H12F3NO2S/c19-18(20,21)14-8-4-7-13(9-14)17-22-15(10-25(17)11-16(23)24)12-5-2-1-3-6-12/h1-10H,11H2/p+1. The third-order valence-corrected chi connectivity index (χ3v) is 5.40. The van der Waals surface area contributed by atoms with E-state index in [2.05, 4.69) is 4.98 Å². The molecule has 0 saturated carbocycles. The summed E-state index contributed by atoms with van der Waals surface area (Å²) in [5.41, 5.74) is 0.895. The number of carboxylic acids is 1. The van der Waals surface area contributed by atoms with Crippen molar-refractivity contribution in [3.05, 3.63) is 65.5 Å². The minimum Gasteiger partial charge on any atom is -0.477 e. The quantitative estimate of drug-likeness (QED) is 0.642. The summed E-state index contributed by atoms with van der Waals surface area (Å²) in [6.07, 6.45) is -4.46. The number of aromatic nitrogens is 1. The SMILES string of the molecule is O=C(O)C[s+]1cc(-c2ccccc2)nc1-c1cccc(C(F)(F)F)c1. The molecule has 0 aliphatic carbocycles. The zero-order valence-electron chi connectivity index (χ0n) is 12.8. The van der Waals surface area contributed by atoms with E-state index in [0.29, 0.717) is 16.3 Å². The van der Waals surface area contributed by atoms with Gasteiger partial charge in [0.1, 0.15) is 5.69 Å². The van der Waals surface area contributed by atoms with Crippen molar-refractivity contribution >= 4 is 16.4 Å². The van der Waals surface area contributed by atoms with Crippen molar-refractivity contribution in [1.29, 1.82) is 0 Å². The molecule has 0 radical (unpaired) electrons. The van der Waals surface area contributed by atoms with Crippen molar-refractivity contribution in [2.75, 3.05) is 0 Å². The Morgan fingerprint density at radius 1 is 1.04 bits per heavy atom. The van der Waals surface area contributed by atoms with Crippen LogP contribution >= 0.6 is 10.5 Å². The van der Waals surface area contributed by atoms with Gasteiger partial charge in [-0.1, -0.05) is 36.4 Å². The van der Waals surface area contributed by atoms with E-state index in [-0.39, 0.29) is 5.75 Å². The third kappa shape index (κ3) is 3.88. The molecule has 7 heteroatoms. The average molecular weight is 364 g/mol. The number of carbonyl (C=O) groups is 1. The van der Waals surface area contributed by atoms with Gasteiger partial charge in [0.15, 0.2) is 5.38 Å². The number of halogens is 3. The van der Waals surface area contributed by atoms with Crippen LogP contribution < -0.4 is 0 Å². The Morgan fingerprint density at radius 3 is 2.36 bits per heavy atom. The van der Waals surface area contributed by atoms with Crippen LogP contribution in [0.25, 0.3) is 21.8 Å². The number of carboxylic acid groups (broad SMARTS) is 1. The molecule has 0 aliphatic rings. The number of hydrogen-bond acceptors (Lipinski definition) is 2. The molecular weight excluding hydrogens is 351 g/mol. The molecule has 1 unspecified atom stereocenters. The first-order valence-corrected chi connectivity index (χ1v) is 8.75. The molecule has 1 atom stereocenters. The largest absolute Gasteiger partial charge is 0.477 e. The van der Waals surface area contributed by atoms with Crippen molar-refractivity contribution in [2.45, 2.75) is 11.9 Å². The minimum atomic E-state index is -4.46. The first kappa shape index (κ1) is 17.2. The molecule has 0 amide bonds. The third-order valence-electron chi connectivity index (χ3n) is 3.51. The summed E-state index contributed by atoms with van der Waals surface area (Å²) < 4.78 is 38.9. The van der Waals surface area contributed by atoms with Crippen LogP contribution in [-0.2, 0) is 16.7 Å². The molecule has 1 aromatic heterocycles. The van der Waals surface area contributed by atoms with Crippen molar-refractivity contribution in [2.24, 2.45) is 0 Å². The fraction of sp³-hybridized carbons (Fsp3) is 0.111. The van der Waals surface area contributed by atoms with Gasteiger partial charge >= 0.3 is 12.1 Å². The Bertz CT molecular complexity index is 904. The van der Waals surface area contributed by atoms with E-state index in [1.165, 1.54) is 12.1 Å². The van der Waals surface area contributed by atoms with E-state index >= 15 is 0 Å². The maximum Gasteiger partial charge on any atom is 0.416 e. The van der Waals surface area contributed by atoms with Gasteiger partial charge in [-0.2, -0.15) is 18.2 Å². The van der Waals surface area contributed by atoms with Gasteiger partial charge in [-0.05, 0) is 18.2 Å². The Balaban J connectivity index is 2.11. The van der Waals surface area contributed by atoms with Gasteiger partial charge in [-0.3, -0.25) is 0 Å². The highest BCUT2D eigenvalue weighted by atomic mass is 32.2. The monoisotopic (exact) mass is 364 g/mol. The molecular formula is C18H13F3NO2S+.